The highest BCUT2D eigenvalue weighted by molar-refractivity contribution is 7.99. The molecule has 0 aliphatic carbocycles. The Hall–Kier alpha value is -3.41. The van der Waals surface area contributed by atoms with Crippen molar-refractivity contribution in [3.05, 3.63) is 54.4 Å². The summed E-state index contributed by atoms with van der Waals surface area (Å²) in [7, 11) is 0. The Morgan fingerprint density at radius 2 is 2.15 bits per heavy atom. The van der Waals surface area contributed by atoms with Crippen LogP contribution >= 0.6 is 11.8 Å². The summed E-state index contributed by atoms with van der Waals surface area (Å²) in [5, 5.41) is 28.0. The summed E-state index contributed by atoms with van der Waals surface area (Å²) < 4.78 is 1.78. The number of likely N-dealkylation sites (tertiary alicyclic amines) is 1. The lowest BCUT2D eigenvalue weighted by molar-refractivity contribution is -0.117. The van der Waals surface area contributed by atoms with Gasteiger partial charge >= 0.3 is 0 Å². The molecule has 4 aromatic rings. The van der Waals surface area contributed by atoms with Crippen LogP contribution < -0.4 is 10.6 Å². The van der Waals surface area contributed by atoms with Crippen LogP contribution in [0.2, 0.25) is 0 Å². The van der Waals surface area contributed by atoms with Crippen molar-refractivity contribution in [3.8, 4) is 0 Å². The molecule has 1 aliphatic heterocycles. The second-order valence-corrected chi connectivity index (χ2v) is 9.04. The summed E-state index contributed by atoms with van der Waals surface area (Å²) in [6.07, 6.45) is 2.26. The van der Waals surface area contributed by atoms with Crippen LogP contribution in [0.15, 0.2) is 58.7 Å². The minimum atomic E-state index is -0.332. The van der Waals surface area contributed by atoms with Crippen LogP contribution in [0, 0.1) is 6.92 Å². The molecule has 170 valence electrons. The Morgan fingerprint density at radius 3 is 2.88 bits per heavy atom. The molecule has 1 fully saturated rings. The highest BCUT2D eigenvalue weighted by atomic mass is 32.2. The van der Waals surface area contributed by atoms with Crippen LogP contribution in [0.1, 0.15) is 12.1 Å². The SMILES string of the molecule is Cc1cc(Nc2nc(Sc3ccc(NC(=O)CN4CC[C@H](O)C4)cc3)nn3cccc23)n[nH]1. The van der Waals surface area contributed by atoms with Gasteiger partial charge in [0.2, 0.25) is 11.1 Å². The molecule has 1 aliphatic rings. The average Bonchev–Trinajstić information content (AvgIpc) is 3.51. The van der Waals surface area contributed by atoms with Crippen molar-refractivity contribution < 1.29 is 9.90 Å². The predicted molar refractivity (Wildman–Crippen MR) is 126 cm³/mol. The van der Waals surface area contributed by atoms with Gasteiger partial charge in [-0.2, -0.15) is 5.10 Å². The van der Waals surface area contributed by atoms with Gasteiger partial charge in [-0.25, -0.2) is 9.50 Å². The second-order valence-electron chi connectivity index (χ2n) is 7.99. The molecule has 0 spiro atoms. The van der Waals surface area contributed by atoms with Gasteiger partial charge in [-0.15, -0.1) is 5.10 Å². The lowest BCUT2D eigenvalue weighted by Gasteiger charge is -2.14. The smallest absolute Gasteiger partial charge is 0.238 e. The zero-order valence-corrected chi connectivity index (χ0v) is 18.8. The molecule has 10 nitrogen and oxygen atoms in total. The number of fused-ring (bicyclic) bond motifs is 1. The molecule has 33 heavy (non-hydrogen) atoms. The number of nitrogens with zero attached hydrogens (tertiary/aromatic N) is 5. The summed E-state index contributed by atoms with van der Waals surface area (Å²) >= 11 is 1.43. The van der Waals surface area contributed by atoms with Crippen molar-refractivity contribution in [2.75, 3.05) is 30.3 Å². The first-order valence-corrected chi connectivity index (χ1v) is 11.5. The van der Waals surface area contributed by atoms with Crippen LogP contribution in [0.4, 0.5) is 17.3 Å². The van der Waals surface area contributed by atoms with Crippen molar-refractivity contribution in [2.45, 2.75) is 29.5 Å². The van der Waals surface area contributed by atoms with Gasteiger partial charge in [0.15, 0.2) is 11.6 Å². The number of hydrogen-bond donors (Lipinski definition) is 4. The summed E-state index contributed by atoms with van der Waals surface area (Å²) in [5.74, 6) is 1.27. The van der Waals surface area contributed by atoms with Crippen LogP contribution in [-0.4, -0.2) is 66.4 Å². The monoisotopic (exact) mass is 464 g/mol. The van der Waals surface area contributed by atoms with E-state index in [1.54, 1.807) is 4.52 Å². The average molecular weight is 465 g/mol. The number of β-amino-alcohol motifs (C(OH)–C–C–N with tert-alkyl or cyclic N) is 1. The second kappa shape index (κ2) is 9.22. The Kier molecular flexibility index (Phi) is 5.99. The Labute approximate surface area is 194 Å². The molecule has 1 saturated heterocycles. The lowest BCUT2D eigenvalue weighted by Crippen LogP contribution is -2.32. The molecule has 1 amide bonds. The zero-order valence-electron chi connectivity index (χ0n) is 18.0. The molecule has 0 radical (unpaired) electrons. The van der Waals surface area contributed by atoms with Gasteiger partial charge in [0.05, 0.1) is 12.6 Å². The van der Waals surface area contributed by atoms with Crippen molar-refractivity contribution >= 4 is 40.5 Å². The molecule has 5 rings (SSSR count). The molecule has 0 unspecified atom stereocenters. The zero-order chi connectivity index (χ0) is 22.8. The van der Waals surface area contributed by atoms with E-state index in [9.17, 15) is 9.90 Å². The van der Waals surface area contributed by atoms with Gasteiger partial charge in [0, 0.05) is 41.6 Å². The number of aliphatic hydroxyl groups is 1. The van der Waals surface area contributed by atoms with Crippen LogP contribution in [0.25, 0.3) is 5.52 Å². The third kappa shape index (κ3) is 5.16. The fraction of sp³-hybridized carbons (Fsp3) is 0.273. The maximum absolute atomic E-state index is 12.3. The van der Waals surface area contributed by atoms with E-state index in [0.29, 0.717) is 29.8 Å². The number of aromatic amines is 1. The van der Waals surface area contributed by atoms with Gasteiger partial charge in [0.25, 0.3) is 0 Å². The number of carbonyl (C=O) groups is 1. The maximum Gasteiger partial charge on any atom is 0.238 e. The number of nitrogens with one attached hydrogen (secondary N) is 3. The topological polar surface area (TPSA) is 123 Å². The van der Waals surface area contributed by atoms with Gasteiger partial charge in [-0.3, -0.25) is 14.8 Å². The van der Waals surface area contributed by atoms with Crippen molar-refractivity contribution in [2.24, 2.45) is 0 Å². The van der Waals surface area contributed by atoms with Crippen molar-refractivity contribution in [1.82, 2.24) is 29.7 Å². The highest BCUT2D eigenvalue weighted by Gasteiger charge is 2.22. The Balaban J connectivity index is 1.26. The fourth-order valence-electron chi connectivity index (χ4n) is 3.72. The Bertz CT molecular complexity index is 1270. The fourth-order valence-corrected chi connectivity index (χ4v) is 4.47. The maximum atomic E-state index is 12.3. The number of H-pyrrole nitrogens is 1. The van der Waals surface area contributed by atoms with Crippen molar-refractivity contribution in [1.29, 1.82) is 0 Å². The van der Waals surface area contributed by atoms with Gasteiger partial charge in [-0.1, -0.05) is 0 Å². The number of aromatic nitrogens is 5. The van der Waals surface area contributed by atoms with Crippen LogP contribution in [-0.2, 0) is 4.79 Å². The van der Waals surface area contributed by atoms with Crippen LogP contribution in [0.5, 0.6) is 0 Å². The molecule has 1 aromatic carbocycles. The third-order valence-corrected chi connectivity index (χ3v) is 6.15. The van der Waals surface area contributed by atoms with E-state index in [0.717, 1.165) is 28.3 Å². The minimum Gasteiger partial charge on any atom is -0.392 e. The van der Waals surface area contributed by atoms with E-state index in [-0.39, 0.29) is 18.6 Å². The van der Waals surface area contributed by atoms with E-state index in [1.807, 2.05) is 60.5 Å². The summed E-state index contributed by atoms with van der Waals surface area (Å²) in [4.78, 5) is 19.8. The minimum absolute atomic E-state index is 0.0878. The number of amides is 1. The molecule has 1 atom stereocenters. The summed E-state index contributed by atoms with van der Waals surface area (Å²) in [5.41, 5.74) is 2.53. The summed E-state index contributed by atoms with van der Waals surface area (Å²) in [6.45, 7) is 3.51. The van der Waals surface area contributed by atoms with E-state index >= 15 is 0 Å². The number of rotatable bonds is 7. The lowest BCUT2D eigenvalue weighted by atomic mass is 10.3. The first-order chi connectivity index (χ1) is 16.0. The highest BCUT2D eigenvalue weighted by Crippen LogP contribution is 2.28. The van der Waals surface area contributed by atoms with Gasteiger partial charge in [0.1, 0.15) is 5.52 Å². The molecular weight excluding hydrogens is 440 g/mol. The Morgan fingerprint density at radius 1 is 1.30 bits per heavy atom. The van der Waals surface area contributed by atoms with Gasteiger partial charge in [-0.05, 0) is 61.5 Å². The molecule has 4 heterocycles. The number of carbonyl (C=O) groups excluding carboxylic acids is 1. The third-order valence-electron chi connectivity index (χ3n) is 5.29. The van der Waals surface area contributed by atoms with Crippen molar-refractivity contribution in [3.63, 3.8) is 0 Å². The number of aryl methyl sites for hydroxylation is 1. The molecular formula is C22H24N8O2S. The molecule has 4 N–H and O–H groups in total. The largest absolute Gasteiger partial charge is 0.392 e. The predicted octanol–water partition coefficient (Wildman–Crippen LogP) is 2.66. The first-order valence-electron chi connectivity index (χ1n) is 10.6. The van der Waals surface area contributed by atoms with Gasteiger partial charge < -0.3 is 15.7 Å². The number of anilines is 3. The van der Waals surface area contributed by atoms with E-state index in [2.05, 4.69) is 30.9 Å². The number of aliphatic hydroxyl groups excluding tert-OH is 1. The number of hydrogen-bond acceptors (Lipinski definition) is 8. The molecule has 0 bridgehead atoms. The van der Waals surface area contributed by atoms with Crippen LogP contribution in [0.3, 0.4) is 0 Å². The first kappa shape index (κ1) is 21.4. The normalized spacial score (nSPS) is 16.4. The van der Waals surface area contributed by atoms with E-state index < -0.39 is 0 Å². The summed E-state index contributed by atoms with van der Waals surface area (Å²) in [6, 6.07) is 13.3. The standard InChI is InChI=1S/C22H24N8O2S/c1-14-11-19(27-26-14)24-21-18-3-2-9-30(18)28-22(25-21)33-17-6-4-15(5-7-17)23-20(32)13-29-10-8-16(31)12-29/h2-7,9,11,16,31H,8,10,12-13H2,1H3,(H,23,32)(H2,24,25,26,27,28)/t16-/m0/s1. The molecule has 3 aromatic heterocycles. The van der Waals surface area contributed by atoms with E-state index in [4.69, 9.17) is 0 Å². The number of benzene rings is 1. The molecule has 11 heteroatoms. The quantitative estimate of drug-likeness (QED) is 0.329. The molecule has 0 saturated carbocycles. The van der Waals surface area contributed by atoms with E-state index in [1.165, 1.54) is 11.8 Å².